The van der Waals surface area contributed by atoms with Crippen molar-refractivity contribution in [1.29, 1.82) is 0 Å². The van der Waals surface area contributed by atoms with E-state index in [1.807, 2.05) is 0 Å². The molecule has 0 radical (unpaired) electrons. The Morgan fingerprint density at radius 1 is 1.14 bits per heavy atom. The lowest BCUT2D eigenvalue weighted by Crippen LogP contribution is -2.38. The average Bonchev–Trinajstić information content (AvgIpc) is 2.83. The highest BCUT2D eigenvalue weighted by Crippen LogP contribution is 2.38. The van der Waals surface area contributed by atoms with Gasteiger partial charge in [-0.25, -0.2) is 4.39 Å². The number of carbonyl (C=O) groups excluding carboxylic acids is 1. The Bertz CT molecular complexity index is 1250. The van der Waals surface area contributed by atoms with Crippen LogP contribution in [0.3, 0.4) is 0 Å². The zero-order valence-electron chi connectivity index (χ0n) is 19.8. The van der Waals surface area contributed by atoms with Crippen LogP contribution in [-0.4, -0.2) is 55.3 Å². The third-order valence-electron chi connectivity index (χ3n) is 6.03. The van der Waals surface area contributed by atoms with Gasteiger partial charge in [-0.2, -0.15) is 13.2 Å². The van der Waals surface area contributed by atoms with Crippen molar-refractivity contribution >= 4 is 23.4 Å². The standard InChI is InChI=1S/C26H25F4N3O2S/c1-32(23-16-31-7-6-21(23)22-5-4-19(27)15-24(22)35-2)25(34)17-12-18(26(28,29)30)14-20(13-17)36-11-10-33-8-3-9-33/h4-7,12-16H,3,8-11H2,1-2H3. The number of likely N-dealkylation sites (tertiary alicyclic amines) is 1. The Balaban J connectivity index is 1.66. The quantitative estimate of drug-likeness (QED) is 0.270. The maximum absolute atomic E-state index is 13.7. The summed E-state index contributed by atoms with van der Waals surface area (Å²) in [6, 6.07) is 9.07. The van der Waals surface area contributed by atoms with E-state index in [0.29, 0.717) is 27.5 Å². The molecule has 2 heterocycles. The highest BCUT2D eigenvalue weighted by Gasteiger charge is 2.32. The number of nitrogens with zero attached hydrogens (tertiary/aromatic N) is 3. The van der Waals surface area contributed by atoms with E-state index >= 15 is 0 Å². The van der Waals surface area contributed by atoms with Crippen LogP contribution in [0.1, 0.15) is 22.3 Å². The van der Waals surface area contributed by atoms with Gasteiger partial charge in [-0.15, -0.1) is 11.8 Å². The molecule has 190 valence electrons. The van der Waals surface area contributed by atoms with Gasteiger partial charge in [0.05, 0.1) is 24.6 Å². The minimum atomic E-state index is -4.59. The number of thioether (sulfide) groups is 1. The number of rotatable bonds is 8. The van der Waals surface area contributed by atoms with Gasteiger partial charge in [-0.1, -0.05) is 0 Å². The fraction of sp³-hybridized carbons (Fsp3) is 0.308. The Hall–Kier alpha value is -3.11. The predicted molar refractivity (Wildman–Crippen MR) is 132 cm³/mol. The lowest BCUT2D eigenvalue weighted by atomic mass is 10.0. The number of amides is 1. The van der Waals surface area contributed by atoms with E-state index in [0.717, 1.165) is 38.2 Å². The van der Waals surface area contributed by atoms with E-state index in [1.165, 1.54) is 67.5 Å². The summed E-state index contributed by atoms with van der Waals surface area (Å²) < 4.78 is 60.0. The topological polar surface area (TPSA) is 45.7 Å². The summed E-state index contributed by atoms with van der Waals surface area (Å²) >= 11 is 1.30. The number of anilines is 1. The van der Waals surface area contributed by atoms with Crippen molar-refractivity contribution in [3.8, 4) is 16.9 Å². The molecule has 0 spiro atoms. The molecule has 0 bridgehead atoms. The summed E-state index contributed by atoms with van der Waals surface area (Å²) in [5, 5.41) is 0. The van der Waals surface area contributed by atoms with Crippen LogP contribution in [0.2, 0.25) is 0 Å². The van der Waals surface area contributed by atoms with Gasteiger partial charge in [0.15, 0.2) is 0 Å². The number of halogens is 4. The fourth-order valence-corrected chi connectivity index (χ4v) is 4.95. The Kier molecular flexibility index (Phi) is 7.85. The lowest BCUT2D eigenvalue weighted by molar-refractivity contribution is -0.137. The first kappa shape index (κ1) is 26.0. The second kappa shape index (κ2) is 10.9. The second-order valence-corrected chi connectivity index (χ2v) is 9.56. The van der Waals surface area contributed by atoms with E-state index in [9.17, 15) is 22.4 Å². The maximum atomic E-state index is 13.7. The monoisotopic (exact) mass is 519 g/mol. The Labute approximate surface area is 211 Å². The summed E-state index contributed by atoms with van der Waals surface area (Å²) in [5.74, 6) is -0.231. The van der Waals surface area contributed by atoms with Crippen LogP contribution in [0, 0.1) is 5.82 Å². The molecule has 36 heavy (non-hydrogen) atoms. The number of ether oxygens (including phenoxy) is 1. The minimum Gasteiger partial charge on any atom is -0.496 e. The van der Waals surface area contributed by atoms with Crippen molar-refractivity contribution in [1.82, 2.24) is 9.88 Å². The number of hydrogen-bond acceptors (Lipinski definition) is 5. The molecule has 1 fully saturated rings. The molecule has 0 aliphatic carbocycles. The van der Waals surface area contributed by atoms with E-state index in [-0.39, 0.29) is 11.3 Å². The van der Waals surface area contributed by atoms with E-state index in [1.54, 1.807) is 6.07 Å². The van der Waals surface area contributed by atoms with Crippen molar-refractivity contribution in [3.63, 3.8) is 0 Å². The van der Waals surface area contributed by atoms with E-state index < -0.39 is 23.5 Å². The third-order valence-corrected chi connectivity index (χ3v) is 6.98. The van der Waals surface area contributed by atoms with Gasteiger partial charge < -0.3 is 14.5 Å². The molecule has 5 nitrogen and oxygen atoms in total. The number of aromatic nitrogens is 1. The minimum absolute atomic E-state index is 0.0837. The molecule has 10 heteroatoms. The number of hydrogen-bond donors (Lipinski definition) is 0. The van der Waals surface area contributed by atoms with E-state index in [2.05, 4.69) is 9.88 Å². The Morgan fingerprint density at radius 3 is 2.58 bits per heavy atom. The summed E-state index contributed by atoms with van der Waals surface area (Å²) in [6.45, 7) is 2.79. The van der Waals surface area contributed by atoms with Crippen LogP contribution < -0.4 is 9.64 Å². The predicted octanol–water partition coefficient (Wildman–Crippen LogP) is 5.99. The molecule has 1 aliphatic heterocycles. The molecule has 1 amide bonds. The van der Waals surface area contributed by atoms with Crippen LogP contribution in [-0.2, 0) is 6.18 Å². The normalized spacial score (nSPS) is 13.8. The number of pyridine rings is 1. The second-order valence-electron chi connectivity index (χ2n) is 8.39. The van der Waals surface area contributed by atoms with Gasteiger partial charge in [0, 0.05) is 53.2 Å². The first-order valence-electron chi connectivity index (χ1n) is 11.3. The number of carbonyl (C=O) groups is 1. The van der Waals surface area contributed by atoms with Crippen molar-refractivity contribution in [2.75, 3.05) is 44.4 Å². The Morgan fingerprint density at radius 2 is 1.92 bits per heavy atom. The molecule has 0 atom stereocenters. The summed E-state index contributed by atoms with van der Waals surface area (Å²) in [5.41, 5.74) is 0.423. The molecule has 4 rings (SSSR count). The van der Waals surface area contributed by atoms with Gasteiger partial charge in [-0.05, 0) is 55.9 Å². The van der Waals surface area contributed by atoms with Crippen molar-refractivity contribution in [2.24, 2.45) is 0 Å². The molecule has 1 aromatic heterocycles. The van der Waals surface area contributed by atoms with Crippen LogP contribution in [0.5, 0.6) is 5.75 Å². The SMILES string of the molecule is COc1cc(F)ccc1-c1ccncc1N(C)C(=O)c1cc(SCCN2CCC2)cc(C(F)(F)F)c1. The van der Waals surface area contributed by atoms with Gasteiger partial charge in [-0.3, -0.25) is 9.78 Å². The molecule has 1 saturated heterocycles. The zero-order valence-corrected chi connectivity index (χ0v) is 20.6. The molecular weight excluding hydrogens is 494 g/mol. The summed E-state index contributed by atoms with van der Waals surface area (Å²) in [7, 11) is 2.87. The van der Waals surface area contributed by atoms with Gasteiger partial charge >= 0.3 is 6.18 Å². The molecule has 0 saturated carbocycles. The number of methoxy groups -OCH3 is 1. The number of benzene rings is 2. The van der Waals surface area contributed by atoms with Crippen molar-refractivity contribution in [3.05, 3.63) is 71.8 Å². The molecule has 0 N–H and O–H groups in total. The average molecular weight is 520 g/mol. The lowest BCUT2D eigenvalue weighted by Gasteiger charge is -2.30. The molecule has 3 aromatic rings. The van der Waals surface area contributed by atoms with E-state index in [4.69, 9.17) is 4.74 Å². The van der Waals surface area contributed by atoms with Crippen LogP contribution in [0.4, 0.5) is 23.2 Å². The number of alkyl halides is 3. The third kappa shape index (κ3) is 5.82. The van der Waals surface area contributed by atoms with Crippen LogP contribution in [0.15, 0.2) is 59.8 Å². The van der Waals surface area contributed by atoms with Crippen molar-refractivity contribution < 1.29 is 27.1 Å². The van der Waals surface area contributed by atoms with Crippen LogP contribution >= 0.6 is 11.8 Å². The van der Waals surface area contributed by atoms with Crippen LogP contribution in [0.25, 0.3) is 11.1 Å². The molecular formula is C26H25F4N3O2S. The van der Waals surface area contributed by atoms with Gasteiger partial charge in [0.2, 0.25) is 0 Å². The zero-order chi connectivity index (χ0) is 25.9. The molecule has 0 unspecified atom stereocenters. The van der Waals surface area contributed by atoms with Gasteiger partial charge in [0.25, 0.3) is 5.91 Å². The maximum Gasteiger partial charge on any atom is 0.416 e. The molecule has 1 aliphatic rings. The largest absolute Gasteiger partial charge is 0.496 e. The first-order valence-corrected chi connectivity index (χ1v) is 12.3. The van der Waals surface area contributed by atoms with Gasteiger partial charge in [0.1, 0.15) is 11.6 Å². The highest BCUT2D eigenvalue weighted by molar-refractivity contribution is 7.99. The first-order chi connectivity index (χ1) is 17.2. The summed E-state index contributed by atoms with van der Waals surface area (Å²) in [6.07, 6.45) is -0.509. The smallest absolute Gasteiger partial charge is 0.416 e. The molecule has 2 aromatic carbocycles. The van der Waals surface area contributed by atoms with Crippen molar-refractivity contribution in [2.45, 2.75) is 17.5 Å². The summed E-state index contributed by atoms with van der Waals surface area (Å²) in [4.78, 5) is 21.4. The highest BCUT2D eigenvalue weighted by atomic mass is 32.2. The fourth-order valence-electron chi connectivity index (χ4n) is 3.94.